The number of ether oxygens (including phenoxy) is 1. The monoisotopic (exact) mass is 456 g/mol. The maximum Gasteiger partial charge on any atom is 0.340 e. The van der Waals surface area contributed by atoms with Crippen molar-refractivity contribution in [3.05, 3.63) is 104 Å². The summed E-state index contributed by atoms with van der Waals surface area (Å²) in [6, 6.07) is 19.4. The average molecular weight is 458 g/mol. The van der Waals surface area contributed by atoms with Gasteiger partial charge in [0, 0.05) is 15.6 Å². The van der Waals surface area contributed by atoms with E-state index in [-0.39, 0.29) is 16.4 Å². The third kappa shape index (κ3) is 4.70. The number of rotatable bonds is 5. The summed E-state index contributed by atoms with van der Waals surface area (Å²) in [5.41, 5.74) is 3.37. The van der Waals surface area contributed by atoms with Gasteiger partial charge in [0.1, 0.15) is 0 Å². The highest BCUT2D eigenvalue weighted by Gasteiger charge is 2.27. The highest BCUT2D eigenvalue weighted by molar-refractivity contribution is 9.10. The zero-order chi connectivity index (χ0) is 20.3. The van der Waals surface area contributed by atoms with Crippen molar-refractivity contribution in [1.29, 1.82) is 0 Å². The lowest BCUT2D eigenvalue weighted by Gasteiger charge is -2.18. The Balaban J connectivity index is 1.97. The standard InChI is InChI=1S/C23H18BrClO3/c1-14-3-7-16(8-4-14)21(26)22(17-9-5-15(2)6-10-17)28-23(27)19-13-18(24)11-12-20(19)25/h3-13,22H,1-2H3/t22-/m1/s1. The highest BCUT2D eigenvalue weighted by Crippen LogP contribution is 2.28. The molecule has 0 saturated heterocycles. The van der Waals surface area contributed by atoms with Crippen LogP contribution in [0, 0.1) is 13.8 Å². The molecule has 0 aliphatic heterocycles. The molecule has 3 nitrogen and oxygen atoms in total. The van der Waals surface area contributed by atoms with Crippen molar-refractivity contribution in [3.63, 3.8) is 0 Å². The van der Waals surface area contributed by atoms with Crippen LogP contribution in [0.1, 0.15) is 43.5 Å². The quantitative estimate of drug-likeness (QED) is 0.324. The summed E-state index contributed by atoms with van der Waals surface area (Å²) < 4.78 is 6.35. The molecule has 5 heteroatoms. The number of ketones is 1. The van der Waals surface area contributed by atoms with Gasteiger partial charge in [-0.05, 0) is 32.0 Å². The maximum atomic E-state index is 13.1. The zero-order valence-corrected chi connectivity index (χ0v) is 17.8. The Morgan fingerprint density at radius 2 is 1.46 bits per heavy atom. The highest BCUT2D eigenvalue weighted by atomic mass is 79.9. The minimum Gasteiger partial charge on any atom is -0.445 e. The molecule has 0 radical (unpaired) electrons. The fraction of sp³-hybridized carbons (Fsp3) is 0.130. The molecule has 0 spiro atoms. The molecule has 0 unspecified atom stereocenters. The molecule has 0 fully saturated rings. The number of aryl methyl sites for hydroxylation is 2. The molecule has 3 aromatic carbocycles. The molecular weight excluding hydrogens is 440 g/mol. The van der Waals surface area contributed by atoms with Gasteiger partial charge in [-0.3, -0.25) is 4.79 Å². The number of esters is 1. The number of halogens is 2. The van der Waals surface area contributed by atoms with Gasteiger partial charge in [-0.1, -0.05) is 87.2 Å². The lowest BCUT2D eigenvalue weighted by atomic mass is 9.98. The molecule has 3 rings (SSSR count). The van der Waals surface area contributed by atoms with Crippen LogP contribution in [0.15, 0.2) is 71.2 Å². The van der Waals surface area contributed by atoms with E-state index in [1.54, 1.807) is 42.5 Å². The van der Waals surface area contributed by atoms with Crippen LogP contribution in [0.4, 0.5) is 0 Å². The van der Waals surface area contributed by atoms with E-state index in [1.807, 2.05) is 38.1 Å². The van der Waals surface area contributed by atoms with Crippen LogP contribution < -0.4 is 0 Å². The van der Waals surface area contributed by atoms with Crippen LogP contribution in [0.5, 0.6) is 0 Å². The zero-order valence-electron chi connectivity index (χ0n) is 15.4. The van der Waals surface area contributed by atoms with Crippen molar-refractivity contribution in [3.8, 4) is 0 Å². The molecule has 142 valence electrons. The predicted octanol–water partition coefficient (Wildman–Crippen LogP) is 6.50. The maximum absolute atomic E-state index is 13.1. The van der Waals surface area contributed by atoms with Crippen LogP contribution in [0.25, 0.3) is 0 Å². The summed E-state index contributed by atoms with van der Waals surface area (Å²) >= 11 is 9.47. The van der Waals surface area contributed by atoms with Crippen molar-refractivity contribution in [2.24, 2.45) is 0 Å². The Morgan fingerprint density at radius 1 is 0.893 bits per heavy atom. The molecule has 1 atom stereocenters. The van der Waals surface area contributed by atoms with Crippen LogP contribution >= 0.6 is 27.5 Å². The van der Waals surface area contributed by atoms with Gasteiger partial charge in [-0.25, -0.2) is 4.79 Å². The van der Waals surface area contributed by atoms with Crippen LogP contribution in [0.3, 0.4) is 0 Å². The fourth-order valence-corrected chi connectivity index (χ4v) is 3.26. The smallest absolute Gasteiger partial charge is 0.340 e. The Morgan fingerprint density at radius 3 is 2.07 bits per heavy atom. The minimum atomic E-state index is -1.06. The summed E-state index contributed by atoms with van der Waals surface area (Å²) in [7, 11) is 0. The molecule has 0 aromatic heterocycles. The third-order valence-corrected chi connectivity index (χ3v) is 5.15. The van der Waals surface area contributed by atoms with Gasteiger partial charge in [0.05, 0.1) is 10.6 Å². The van der Waals surface area contributed by atoms with Crippen molar-refractivity contribution in [2.45, 2.75) is 20.0 Å². The summed E-state index contributed by atoms with van der Waals surface area (Å²) in [5, 5.41) is 0.263. The first-order valence-electron chi connectivity index (χ1n) is 8.68. The fourth-order valence-electron chi connectivity index (χ4n) is 2.71. The predicted molar refractivity (Wildman–Crippen MR) is 114 cm³/mol. The summed E-state index contributed by atoms with van der Waals surface area (Å²) in [4.78, 5) is 25.9. The van der Waals surface area contributed by atoms with Gasteiger partial charge in [-0.15, -0.1) is 0 Å². The van der Waals surface area contributed by atoms with Gasteiger partial charge < -0.3 is 4.74 Å². The number of hydrogen-bond acceptors (Lipinski definition) is 3. The summed E-state index contributed by atoms with van der Waals surface area (Å²) in [6.45, 7) is 3.90. The van der Waals surface area contributed by atoms with E-state index in [9.17, 15) is 9.59 Å². The molecular formula is C23H18BrClO3. The van der Waals surface area contributed by atoms with E-state index < -0.39 is 12.1 Å². The molecule has 0 aliphatic rings. The van der Waals surface area contributed by atoms with E-state index in [4.69, 9.17) is 16.3 Å². The Hall–Kier alpha value is -2.43. The molecule has 3 aromatic rings. The normalized spacial score (nSPS) is 11.7. The van der Waals surface area contributed by atoms with Gasteiger partial charge in [0.15, 0.2) is 6.10 Å². The molecule has 28 heavy (non-hydrogen) atoms. The average Bonchev–Trinajstić information content (AvgIpc) is 2.68. The van der Waals surface area contributed by atoms with E-state index in [0.29, 0.717) is 15.6 Å². The SMILES string of the molecule is Cc1ccc(C(=O)[C@H](OC(=O)c2cc(Br)ccc2Cl)c2ccc(C)cc2)cc1. The van der Waals surface area contributed by atoms with E-state index >= 15 is 0 Å². The second-order valence-corrected chi connectivity index (χ2v) is 7.87. The summed E-state index contributed by atoms with van der Waals surface area (Å²) in [5.74, 6) is -0.944. The Kier molecular flexibility index (Phi) is 6.32. The van der Waals surface area contributed by atoms with Gasteiger partial charge in [-0.2, -0.15) is 0 Å². The number of hydrogen-bond donors (Lipinski definition) is 0. The van der Waals surface area contributed by atoms with Gasteiger partial charge >= 0.3 is 5.97 Å². The Labute approximate surface area is 177 Å². The van der Waals surface area contributed by atoms with E-state index in [0.717, 1.165) is 11.1 Å². The number of carbonyl (C=O) groups excluding carboxylic acids is 2. The van der Waals surface area contributed by atoms with Gasteiger partial charge in [0.2, 0.25) is 5.78 Å². The van der Waals surface area contributed by atoms with Crippen LogP contribution in [-0.2, 0) is 4.74 Å². The Bertz CT molecular complexity index is 1010. The number of Topliss-reactive ketones (excluding diaryl/α,β-unsaturated/α-hetero) is 1. The molecule has 0 heterocycles. The first-order chi connectivity index (χ1) is 13.3. The first-order valence-corrected chi connectivity index (χ1v) is 9.86. The number of carbonyl (C=O) groups is 2. The van der Waals surface area contributed by atoms with Crippen LogP contribution in [-0.4, -0.2) is 11.8 Å². The van der Waals surface area contributed by atoms with Crippen molar-refractivity contribution in [1.82, 2.24) is 0 Å². The van der Waals surface area contributed by atoms with Crippen molar-refractivity contribution < 1.29 is 14.3 Å². The van der Waals surface area contributed by atoms with Gasteiger partial charge in [0.25, 0.3) is 0 Å². The van der Waals surface area contributed by atoms with Crippen molar-refractivity contribution in [2.75, 3.05) is 0 Å². The molecule has 0 amide bonds. The van der Waals surface area contributed by atoms with E-state index in [2.05, 4.69) is 15.9 Å². The third-order valence-electron chi connectivity index (χ3n) is 4.33. The molecule has 0 aliphatic carbocycles. The largest absolute Gasteiger partial charge is 0.445 e. The minimum absolute atomic E-state index is 0.199. The second kappa shape index (κ2) is 8.72. The topological polar surface area (TPSA) is 43.4 Å². The second-order valence-electron chi connectivity index (χ2n) is 6.55. The summed E-state index contributed by atoms with van der Waals surface area (Å²) in [6.07, 6.45) is -1.06. The lowest BCUT2D eigenvalue weighted by molar-refractivity contribution is 0.0280. The van der Waals surface area contributed by atoms with Crippen molar-refractivity contribution >= 4 is 39.3 Å². The molecule has 0 saturated carbocycles. The molecule has 0 bridgehead atoms. The van der Waals surface area contributed by atoms with Crippen LogP contribution in [0.2, 0.25) is 5.02 Å². The number of benzene rings is 3. The lowest BCUT2D eigenvalue weighted by Crippen LogP contribution is -2.20. The first kappa shape index (κ1) is 20.3. The van der Waals surface area contributed by atoms with E-state index in [1.165, 1.54) is 0 Å². The molecule has 0 N–H and O–H groups in total.